The zero-order valence-electron chi connectivity index (χ0n) is 12.9. The van der Waals surface area contributed by atoms with Crippen LogP contribution in [0, 0.1) is 5.82 Å². The summed E-state index contributed by atoms with van der Waals surface area (Å²) < 4.78 is 13.0. The fourth-order valence-corrected chi connectivity index (χ4v) is 2.00. The molecular formula is C17H16FN3O3. The molecule has 0 saturated heterocycles. The fraction of sp³-hybridized carbons (Fsp3) is 0.118. The molecule has 3 N–H and O–H groups in total. The zero-order chi connectivity index (χ0) is 17.5. The summed E-state index contributed by atoms with van der Waals surface area (Å²) in [6.45, 7) is 1.38. The van der Waals surface area contributed by atoms with E-state index in [-0.39, 0.29) is 11.6 Å². The second-order valence-electron chi connectivity index (χ2n) is 5.05. The van der Waals surface area contributed by atoms with Crippen LogP contribution >= 0.6 is 0 Å². The fourth-order valence-electron chi connectivity index (χ4n) is 2.00. The van der Waals surface area contributed by atoms with E-state index in [1.165, 1.54) is 25.1 Å². The molecule has 0 atom stereocenters. The Balaban J connectivity index is 1.90. The first-order valence-electron chi connectivity index (χ1n) is 7.15. The molecule has 2 aromatic carbocycles. The lowest BCUT2D eigenvalue weighted by atomic mass is 10.2. The second kappa shape index (κ2) is 7.87. The lowest BCUT2D eigenvalue weighted by molar-refractivity contribution is -0.123. The van der Waals surface area contributed by atoms with Crippen LogP contribution in [0.3, 0.4) is 0 Å². The van der Waals surface area contributed by atoms with E-state index in [0.29, 0.717) is 11.4 Å². The van der Waals surface area contributed by atoms with Crippen LogP contribution in [-0.4, -0.2) is 17.7 Å². The molecule has 3 amide bonds. The van der Waals surface area contributed by atoms with Gasteiger partial charge in [0.05, 0.1) is 0 Å². The highest BCUT2D eigenvalue weighted by Gasteiger charge is 2.10. The van der Waals surface area contributed by atoms with E-state index >= 15 is 0 Å². The van der Waals surface area contributed by atoms with Gasteiger partial charge in [0.2, 0.25) is 17.7 Å². The van der Waals surface area contributed by atoms with Gasteiger partial charge in [0.15, 0.2) is 0 Å². The van der Waals surface area contributed by atoms with Crippen LogP contribution in [-0.2, 0) is 14.4 Å². The maximum atomic E-state index is 13.0. The number of halogens is 1. The Kier molecular flexibility index (Phi) is 5.62. The van der Waals surface area contributed by atoms with Gasteiger partial charge in [-0.1, -0.05) is 12.1 Å². The molecule has 0 unspecified atom stereocenters. The summed E-state index contributed by atoms with van der Waals surface area (Å²) in [4.78, 5) is 34.7. The Morgan fingerprint density at radius 3 is 1.88 bits per heavy atom. The van der Waals surface area contributed by atoms with Crippen LogP contribution in [0.2, 0.25) is 0 Å². The van der Waals surface area contributed by atoms with Crippen molar-refractivity contribution in [3.05, 3.63) is 54.3 Å². The number of carbonyl (C=O) groups excluding carboxylic acids is 3. The predicted molar refractivity (Wildman–Crippen MR) is 89.0 cm³/mol. The van der Waals surface area contributed by atoms with Crippen molar-refractivity contribution in [3.8, 4) is 0 Å². The number of anilines is 3. The van der Waals surface area contributed by atoms with Gasteiger partial charge in [-0.3, -0.25) is 14.4 Å². The van der Waals surface area contributed by atoms with Crippen molar-refractivity contribution in [2.24, 2.45) is 0 Å². The van der Waals surface area contributed by atoms with Crippen molar-refractivity contribution in [2.45, 2.75) is 13.3 Å². The molecular weight excluding hydrogens is 313 g/mol. The zero-order valence-corrected chi connectivity index (χ0v) is 12.9. The van der Waals surface area contributed by atoms with Crippen molar-refractivity contribution in [2.75, 3.05) is 16.0 Å². The van der Waals surface area contributed by atoms with Crippen LogP contribution < -0.4 is 16.0 Å². The smallest absolute Gasteiger partial charge is 0.233 e. The van der Waals surface area contributed by atoms with E-state index in [4.69, 9.17) is 0 Å². The van der Waals surface area contributed by atoms with Gasteiger partial charge >= 0.3 is 0 Å². The second-order valence-corrected chi connectivity index (χ2v) is 5.05. The largest absolute Gasteiger partial charge is 0.326 e. The number of rotatable bonds is 5. The minimum absolute atomic E-state index is 0.229. The topological polar surface area (TPSA) is 87.3 Å². The lowest BCUT2D eigenvalue weighted by Crippen LogP contribution is -2.21. The summed E-state index contributed by atoms with van der Waals surface area (Å²) in [6.07, 6.45) is -0.416. The average Bonchev–Trinajstić information content (AvgIpc) is 2.46. The van der Waals surface area contributed by atoms with Crippen molar-refractivity contribution in [1.29, 1.82) is 0 Å². The van der Waals surface area contributed by atoms with Crippen molar-refractivity contribution >= 4 is 34.8 Å². The van der Waals surface area contributed by atoms with Crippen LogP contribution in [0.15, 0.2) is 48.5 Å². The van der Waals surface area contributed by atoms with Crippen LogP contribution in [0.25, 0.3) is 0 Å². The summed E-state index contributed by atoms with van der Waals surface area (Å²) in [5.41, 5.74) is 1.26. The Morgan fingerprint density at radius 1 is 0.833 bits per heavy atom. The van der Waals surface area contributed by atoms with Crippen molar-refractivity contribution in [1.82, 2.24) is 0 Å². The minimum Gasteiger partial charge on any atom is -0.326 e. The molecule has 0 aliphatic carbocycles. The Hall–Kier alpha value is -3.22. The van der Waals surface area contributed by atoms with Gasteiger partial charge in [-0.05, 0) is 36.4 Å². The molecule has 2 aromatic rings. The van der Waals surface area contributed by atoms with Gasteiger partial charge in [0, 0.05) is 24.0 Å². The van der Waals surface area contributed by atoms with E-state index in [9.17, 15) is 18.8 Å². The first-order chi connectivity index (χ1) is 11.4. The van der Waals surface area contributed by atoms with E-state index in [0.717, 1.165) is 6.07 Å². The number of amides is 3. The Bertz CT molecular complexity index is 777. The van der Waals surface area contributed by atoms with Gasteiger partial charge < -0.3 is 16.0 Å². The number of nitrogens with one attached hydrogen (secondary N) is 3. The number of benzene rings is 2. The van der Waals surface area contributed by atoms with Crippen molar-refractivity contribution in [3.63, 3.8) is 0 Å². The third-order valence-corrected chi connectivity index (χ3v) is 2.90. The molecule has 124 valence electrons. The summed E-state index contributed by atoms with van der Waals surface area (Å²) in [7, 11) is 0. The average molecular weight is 329 g/mol. The van der Waals surface area contributed by atoms with E-state index in [2.05, 4.69) is 16.0 Å². The van der Waals surface area contributed by atoms with Crippen LogP contribution in [0.5, 0.6) is 0 Å². The highest BCUT2D eigenvalue weighted by Crippen LogP contribution is 2.15. The molecule has 0 saturated carbocycles. The molecule has 0 aliphatic rings. The molecule has 0 aromatic heterocycles. The third kappa shape index (κ3) is 5.53. The minimum atomic E-state index is -0.559. The van der Waals surface area contributed by atoms with Gasteiger partial charge in [0.1, 0.15) is 12.2 Å². The number of hydrogen-bond donors (Lipinski definition) is 3. The SMILES string of the molecule is CC(=O)Nc1cccc(NC(=O)CC(=O)Nc2cccc(F)c2)c1. The van der Waals surface area contributed by atoms with Crippen LogP contribution in [0.4, 0.5) is 21.5 Å². The predicted octanol–water partition coefficient (Wildman–Crippen LogP) is 2.75. The van der Waals surface area contributed by atoms with E-state index in [1.54, 1.807) is 24.3 Å². The molecule has 0 fully saturated rings. The first-order valence-corrected chi connectivity index (χ1v) is 7.15. The van der Waals surface area contributed by atoms with Gasteiger partial charge in [-0.2, -0.15) is 0 Å². The third-order valence-electron chi connectivity index (χ3n) is 2.90. The molecule has 0 heterocycles. The first kappa shape index (κ1) is 17.1. The molecule has 7 heteroatoms. The summed E-state index contributed by atoms with van der Waals surface area (Å²) in [5.74, 6) is -1.79. The molecule has 0 radical (unpaired) electrons. The molecule has 24 heavy (non-hydrogen) atoms. The summed E-state index contributed by atoms with van der Waals surface area (Å²) in [5, 5.41) is 7.59. The maximum Gasteiger partial charge on any atom is 0.233 e. The maximum absolute atomic E-state index is 13.0. The standard InChI is InChI=1S/C17H16FN3O3/c1-11(22)19-14-6-3-7-15(9-14)21-17(24)10-16(23)20-13-5-2-4-12(18)8-13/h2-9H,10H2,1H3,(H,19,22)(H,20,23)(H,21,24). The molecule has 0 aliphatic heterocycles. The number of hydrogen-bond acceptors (Lipinski definition) is 3. The quantitative estimate of drug-likeness (QED) is 0.737. The molecule has 0 bridgehead atoms. The highest BCUT2D eigenvalue weighted by molar-refractivity contribution is 6.08. The number of carbonyl (C=O) groups is 3. The molecule has 6 nitrogen and oxygen atoms in total. The summed E-state index contributed by atoms with van der Waals surface area (Å²) in [6, 6.07) is 11.9. The van der Waals surface area contributed by atoms with E-state index < -0.39 is 24.1 Å². The van der Waals surface area contributed by atoms with Gasteiger partial charge in [-0.15, -0.1) is 0 Å². The monoisotopic (exact) mass is 329 g/mol. The highest BCUT2D eigenvalue weighted by atomic mass is 19.1. The molecule has 0 spiro atoms. The van der Waals surface area contributed by atoms with Gasteiger partial charge in [0.25, 0.3) is 0 Å². The van der Waals surface area contributed by atoms with Gasteiger partial charge in [-0.25, -0.2) is 4.39 Å². The molecule has 2 rings (SSSR count). The summed E-state index contributed by atoms with van der Waals surface area (Å²) >= 11 is 0. The van der Waals surface area contributed by atoms with Crippen LogP contribution in [0.1, 0.15) is 13.3 Å². The Morgan fingerprint density at radius 2 is 1.33 bits per heavy atom. The normalized spacial score (nSPS) is 9.92. The Labute approximate surface area is 138 Å². The van der Waals surface area contributed by atoms with E-state index in [1.807, 2.05) is 0 Å². The lowest BCUT2D eigenvalue weighted by Gasteiger charge is -2.08. The van der Waals surface area contributed by atoms with Crippen molar-refractivity contribution < 1.29 is 18.8 Å².